The van der Waals surface area contributed by atoms with Crippen LogP contribution in [0.5, 0.6) is 0 Å². The second kappa shape index (κ2) is 7.40. The molecule has 0 bridgehead atoms. The summed E-state index contributed by atoms with van der Waals surface area (Å²) in [5, 5.41) is 0. The number of hydrogen-bond acceptors (Lipinski definition) is 4. The Hall–Kier alpha value is -2.79. The topological polar surface area (TPSA) is 61.9 Å². The Bertz CT molecular complexity index is 901. The van der Waals surface area contributed by atoms with Crippen LogP contribution in [0.25, 0.3) is 11.4 Å². The Balaban J connectivity index is 1.71. The quantitative estimate of drug-likeness (QED) is 0.779. The number of rotatable bonds is 5. The lowest BCUT2D eigenvalue weighted by Crippen LogP contribution is -2.17. The van der Waals surface area contributed by atoms with Gasteiger partial charge in [-0.15, -0.1) is 0 Å². The molecule has 0 saturated carbocycles. The van der Waals surface area contributed by atoms with E-state index in [2.05, 4.69) is 39.0 Å². The molecule has 0 radical (unpaired) electrons. The number of benzene rings is 1. The largest absolute Gasteiger partial charge is 0.306 e. The number of H-pyrrole nitrogens is 1. The molecule has 3 aromatic rings. The van der Waals surface area contributed by atoms with E-state index in [1.54, 1.807) is 6.92 Å². The molecule has 0 amide bonds. The third kappa shape index (κ3) is 4.19. The molecule has 0 fully saturated rings. The van der Waals surface area contributed by atoms with Gasteiger partial charge in [0.1, 0.15) is 5.82 Å². The van der Waals surface area contributed by atoms with Gasteiger partial charge in [0.05, 0.1) is 0 Å². The van der Waals surface area contributed by atoms with Gasteiger partial charge < -0.3 is 4.98 Å². The number of pyridine rings is 1. The van der Waals surface area contributed by atoms with Crippen LogP contribution in [0.15, 0.2) is 53.6 Å². The monoisotopic (exact) mass is 334 g/mol. The summed E-state index contributed by atoms with van der Waals surface area (Å²) in [6.07, 6.45) is 3.63. The van der Waals surface area contributed by atoms with Gasteiger partial charge in [-0.25, -0.2) is 4.98 Å². The number of hydrogen-bond donors (Lipinski definition) is 1. The molecule has 0 saturated heterocycles. The van der Waals surface area contributed by atoms with Crippen molar-refractivity contribution in [1.82, 2.24) is 19.9 Å². The molecule has 1 N–H and O–H groups in total. The summed E-state index contributed by atoms with van der Waals surface area (Å²) in [7, 11) is 2.09. The van der Waals surface area contributed by atoms with E-state index in [1.807, 2.05) is 43.6 Å². The summed E-state index contributed by atoms with van der Waals surface area (Å²) < 4.78 is 0. The minimum absolute atomic E-state index is 0.0799. The van der Waals surface area contributed by atoms with Gasteiger partial charge in [-0.05, 0) is 44.2 Å². The molecular formula is C20H22N4O. The zero-order chi connectivity index (χ0) is 17.8. The SMILES string of the molecule is Cc1nc(-c2ccc(CN(C)Cc3ccncc3)cc2)[nH]c(=O)c1C. The number of nitrogens with one attached hydrogen (secondary N) is 1. The maximum absolute atomic E-state index is 11.9. The molecule has 128 valence electrons. The molecule has 2 aromatic heterocycles. The molecule has 25 heavy (non-hydrogen) atoms. The van der Waals surface area contributed by atoms with E-state index in [4.69, 9.17) is 0 Å². The van der Waals surface area contributed by atoms with Crippen molar-refractivity contribution in [2.45, 2.75) is 26.9 Å². The highest BCUT2D eigenvalue weighted by molar-refractivity contribution is 5.55. The average Bonchev–Trinajstić information content (AvgIpc) is 2.60. The van der Waals surface area contributed by atoms with Crippen LogP contribution in [0.2, 0.25) is 0 Å². The summed E-state index contributed by atoms with van der Waals surface area (Å²) in [4.78, 5) is 25.5. The number of aryl methyl sites for hydroxylation is 1. The van der Waals surface area contributed by atoms with Crippen molar-refractivity contribution in [3.05, 3.63) is 81.5 Å². The Morgan fingerprint density at radius 2 is 1.56 bits per heavy atom. The highest BCUT2D eigenvalue weighted by atomic mass is 16.1. The molecule has 0 aliphatic rings. The second-order valence-corrected chi connectivity index (χ2v) is 6.35. The van der Waals surface area contributed by atoms with E-state index < -0.39 is 0 Å². The normalized spacial score (nSPS) is 11.0. The van der Waals surface area contributed by atoms with Gasteiger partial charge in [0, 0.05) is 42.3 Å². The Kier molecular flexibility index (Phi) is 5.05. The number of aromatic nitrogens is 3. The average molecular weight is 334 g/mol. The predicted molar refractivity (Wildman–Crippen MR) is 99.2 cm³/mol. The first-order valence-electron chi connectivity index (χ1n) is 8.27. The van der Waals surface area contributed by atoms with Crippen LogP contribution >= 0.6 is 0 Å². The second-order valence-electron chi connectivity index (χ2n) is 6.35. The van der Waals surface area contributed by atoms with Gasteiger partial charge in [-0.2, -0.15) is 0 Å². The van der Waals surface area contributed by atoms with Crippen molar-refractivity contribution in [1.29, 1.82) is 0 Å². The first-order chi connectivity index (χ1) is 12.0. The lowest BCUT2D eigenvalue weighted by Gasteiger charge is -2.17. The zero-order valence-electron chi connectivity index (χ0n) is 14.8. The van der Waals surface area contributed by atoms with Crippen molar-refractivity contribution in [3.63, 3.8) is 0 Å². The number of nitrogens with zero attached hydrogens (tertiary/aromatic N) is 3. The van der Waals surface area contributed by atoms with E-state index in [1.165, 1.54) is 11.1 Å². The molecule has 1 aromatic carbocycles. The fourth-order valence-electron chi connectivity index (χ4n) is 2.72. The summed E-state index contributed by atoms with van der Waals surface area (Å²) >= 11 is 0. The van der Waals surface area contributed by atoms with Crippen LogP contribution in [-0.4, -0.2) is 26.9 Å². The molecule has 0 unspecified atom stereocenters. The highest BCUT2D eigenvalue weighted by Gasteiger charge is 2.07. The van der Waals surface area contributed by atoms with Crippen molar-refractivity contribution >= 4 is 0 Å². The Morgan fingerprint density at radius 1 is 0.960 bits per heavy atom. The van der Waals surface area contributed by atoms with Gasteiger partial charge in [0.2, 0.25) is 0 Å². The standard InChI is InChI=1S/C20H22N4O/c1-14-15(2)22-19(23-20(14)25)18-6-4-16(5-7-18)12-24(3)13-17-8-10-21-11-9-17/h4-11H,12-13H2,1-3H3,(H,22,23,25). The molecule has 0 spiro atoms. The van der Waals surface area contributed by atoms with Crippen LogP contribution in [0.1, 0.15) is 22.4 Å². The van der Waals surface area contributed by atoms with Gasteiger partial charge in [-0.3, -0.25) is 14.7 Å². The third-order valence-electron chi connectivity index (χ3n) is 4.28. The van der Waals surface area contributed by atoms with Crippen molar-refractivity contribution < 1.29 is 0 Å². The maximum atomic E-state index is 11.9. The summed E-state index contributed by atoms with van der Waals surface area (Å²) in [6.45, 7) is 5.36. The van der Waals surface area contributed by atoms with Crippen molar-refractivity contribution in [2.24, 2.45) is 0 Å². The summed E-state index contributed by atoms with van der Waals surface area (Å²) in [6, 6.07) is 12.2. The zero-order valence-corrected chi connectivity index (χ0v) is 14.8. The molecule has 0 aliphatic carbocycles. The molecule has 3 rings (SSSR count). The van der Waals surface area contributed by atoms with Gasteiger partial charge in [0.15, 0.2) is 0 Å². The smallest absolute Gasteiger partial charge is 0.254 e. The van der Waals surface area contributed by atoms with E-state index in [9.17, 15) is 4.79 Å². The van der Waals surface area contributed by atoms with E-state index in [0.717, 1.165) is 24.3 Å². The maximum Gasteiger partial charge on any atom is 0.254 e. The first kappa shape index (κ1) is 17.0. The number of aromatic amines is 1. The van der Waals surface area contributed by atoms with Crippen LogP contribution in [0.3, 0.4) is 0 Å². The Labute approximate surface area is 147 Å². The van der Waals surface area contributed by atoms with E-state index >= 15 is 0 Å². The van der Waals surface area contributed by atoms with Crippen molar-refractivity contribution in [2.75, 3.05) is 7.05 Å². The van der Waals surface area contributed by atoms with Crippen LogP contribution in [0.4, 0.5) is 0 Å². The van der Waals surface area contributed by atoms with Crippen LogP contribution in [0, 0.1) is 13.8 Å². The lowest BCUT2D eigenvalue weighted by molar-refractivity contribution is 0.319. The fraction of sp³-hybridized carbons (Fsp3) is 0.250. The predicted octanol–water partition coefficient (Wildman–Crippen LogP) is 3.08. The molecular weight excluding hydrogens is 312 g/mol. The molecule has 0 atom stereocenters. The Morgan fingerprint density at radius 3 is 2.16 bits per heavy atom. The van der Waals surface area contributed by atoms with Gasteiger partial charge >= 0.3 is 0 Å². The summed E-state index contributed by atoms with van der Waals surface area (Å²) in [5.41, 5.74) is 4.72. The van der Waals surface area contributed by atoms with Gasteiger partial charge in [0.25, 0.3) is 5.56 Å². The minimum atomic E-state index is -0.0799. The molecule has 5 nitrogen and oxygen atoms in total. The van der Waals surface area contributed by atoms with Gasteiger partial charge in [-0.1, -0.05) is 24.3 Å². The van der Waals surface area contributed by atoms with Crippen LogP contribution in [-0.2, 0) is 13.1 Å². The molecule has 5 heteroatoms. The lowest BCUT2D eigenvalue weighted by atomic mass is 10.1. The van der Waals surface area contributed by atoms with E-state index in [-0.39, 0.29) is 5.56 Å². The first-order valence-corrected chi connectivity index (χ1v) is 8.27. The molecule has 2 heterocycles. The highest BCUT2D eigenvalue weighted by Crippen LogP contribution is 2.16. The van der Waals surface area contributed by atoms with Crippen LogP contribution < -0.4 is 5.56 Å². The minimum Gasteiger partial charge on any atom is -0.306 e. The summed E-state index contributed by atoms with van der Waals surface area (Å²) in [5.74, 6) is 0.616. The third-order valence-corrected chi connectivity index (χ3v) is 4.28. The van der Waals surface area contributed by atoms with E-state index in [0.29, 0.717) is 11.4 Å². The van der Waals surface area contributed by atoms with Crippen molar-refractivity contribution in [3.8, 4) is 11.4 Å². The fourth-order valence-corrected chi connectivity index (χ4v) is 2.72. The molecule has 0 aliphatic heterocycles.